The van der Waals surface area contributed by atoms with Crippen molar-refractivity contribution < 1.29 is 22.7 Å². The Balaban J connectivity index is 2.00. The fourth-order valence-electron chi connectivity index (χ4n) is 4.00. The Morgan fingerprint density at radius 3 is 2.16 bits per heavy atom. The summed E-state index contributed by atoms with van der Waals surface area (Å²) in [5.74, 6) is -0.255. The maximum atomic E-state index is 13.8. The molecule has 0 aliphatic rings. The highest BCUT2D eigenvalue weighted by Crippen LogP contribution is 2.26. The third kappa shape index (κ3) is 6.92. The molecule has 38 heavy (non-hydrogen) atoms. The van der Waals surface area contributed by atoms with Gasteiger partial charge < -0.3 is 15.0 Å². The molecule has 0 aliphatic heterocycles. The second-order valence-electron chi connectivity index (χ2n) is 8.77. The molecular formula is C29H35N3O5S. The number of hydrogen-bond acceptors (Lipinski definition) is 5. The first-order chi connectivity index (χ1) is 18.2. The van der Waals surface area contributed by atoms with Gasteiger partial charge in [-0.15, -0.1) is 0 Å². The third-order valence-electron chi connectivity index (χ3n) is 6.17. The van der Waals surface area contributed by atoms with Gasteiger partial charge in [0.1, 0.15) is 18.3 Å². The van der Waals surface area contributed by atoms with Crippen molar-refractivity contribution in [3.05, 3.63) is 90.0 Å². The summed E-state index contributed by atoms with van der Waals surface area (Å²) in [5.41, 5.74) is 2.18. The number of carbonyl (C=O) groups is 2. The second-order valence-corrected chi connectivity index (χ2v) is 10.6. The topological polar surface area (TPSA) is 96.0 Å². The van der Waals surface area contributed by atoms with Crippen LogP contribution in [-0.4, -0.2) is 50.9 Å². The molecule has 0 unspecified atom stereocenters. The fourth-order valence-corrected chi connectivity index (χ4v) is 5.41. The Bertz CT molecular complexity index is 1330. The highest BCUT2D eigenvalue weighted by atomic mass is 32.2. The first-order valence-electron chi connectivity index (χ1n) is 12.6. The lowest BCUT2D eigenvalue weighted by Gasteiger charge is -2.32. The number of likely N-dealkylation sites (N-methyl/N-ethyl adjacent to an activating group) is 1. The number of benzene rings is 3. The normalized spacial score (nSPS) is 11.9. The van der Waals surface area contributed by atoms with E-state index in [-0.39, 0.29) is 17.3 Å². The maximum Gasteiger partial charge on any atom is 0.264 e. The lowest BCUT2D eigenvalue weighted by atomic mass is 10.1. The molecule has 0 saturated carbocycles. The van der Waals surface area contributed by atoms with Crippen LogP contribution in [0.1, 0.15) is 31.9 Å². The van der Waals surface area contributed by atoms with Crippen LogP contribution in [0.2, 0.25) is 0 Å². The number of amides is 2. The maximum absolute atomic E-state index is 13.8. The Morgan fingerprint density at radius 2 is 1.55 bits per heavy atom. The van der Waals surface area contributed by atoms with E-state index < -0.39 is 28.5 Å². The van der Waals surface area contributed by atoms with Crippen LogP contribution in [0.5, 0.6) is 5.75 Å². The first kappa shape index (κ1) is 28.7. The molecule has 1 N–H and O–H groups in total. The predicted octanol–water partition coefficient (Wildman–Crippen LogP) is 4.14. The zero-order valence-corrected chi connectivity index (χ0v) is 23.1. The van der Waals surface area contributed by atoms with Crippen LogP contribution in [0.4, 0.5) is 5.69 Å². The zero-order chi connectivity index (χ0) is 27.7. The van der Waals surface area contributed by atoms with Gasteiger partial charge in [-0.1, -0.05) is 42.5 Å². The molecule has 0 aliphatic carbocycles. The summed E-state index contributed by atoms with van der Waals surface area (Å²) in [6.07, 6.45) is 0. The molecule has 3 aromatic carbocycles. The van der Waals surface area contributed by atoms with E-state index in [0.717, 1.165) is 15.4 Å². The van der Waals surface area contributed by atoms with E-state index in [2.05, 4.69) is 5.32 Å². The molecule has 0 heterocycles. The number of nitrogens with one attached hydrogen (secondary N) is 1. The first-order valence-corrected chi connectivity index (χ1v) is 14.0. The van der Waals surface area contributed by atoms with Crippen LogP contribution in [0.25, 0.3) is 0 Å². The van der Waals surface area contributed by atoms with Crippen molar-refractivity contribution >= 4 is 27.5 Å². The van der Waals surface area contributed by atoms with Crippen molar-refractivity contribution in [2.75, 3.05) is 24.0 Å². The minimum absolute atomic E-state index is 0.0276. The molecule has 3 rings (SSSR count). The molecule has 8 nitrogen and oxygen atoms in total. The molecular weight excluding hydrogens is 502 g/mol. The van der Waals surface area contributed by atoms with Gasteiger partial charge in [0.05, 0.1) is 17.2 Å². The lowest BCUT2D eigenvalue weighted by molar-refractivity contribution is -0.139. The van der Waals surface area contributed by atoms with Crippen LogP contribution in [0.15, 0.2) is 83.8 Å². The van der Waals surface area contributed by atoms with Gasteiger partial charge in [0.15, 0.2) is 0 Å². The van der Waals surface area contributed by atoms with E-state index >= 15 is 0 Å². The number of para-hydroxylation sites is 1. The van der Waals surface area contributed by atoms with Gasteiger partial charge in [-0.2, -0.15) is 0 Å². The van der Waals surface area contributed by atoms with E-state index in [4.69, 9.17) is 4.74 Å². The quantitative estimate of drug-likeness (QED) is 0.375. The molecule has 1 atom stereocenters. The van der Waals surface area contributed by atoms with Crippen molar-refractivity contribution in [2.24, 2.45) is 0 Å². The SMILES string of the molecule is CCNC(=O)[C@@H](C)N(Cc1ccccc1C)C(=O)CN(c1ccccc1)S(=O)(=O)c1ccc(OCC)cc1. The zero-order valence-electron chi connectivity index (χ0n) is 22.3. The van der Waals surface area contributed by atoms with Crippen molar-refractivity contribution in [1.82, 2.24) is 10.2 Å². The molecule has 2 amide bonds. The monoisotopic (exact) mass is 537 g/mol. The van der Waals surface area contributed by atoms with Crippen LogP contribution in [-0.2, 0) is 26.2 Å². The van der Waals surface area contributed by atoms with Gasteiger partial charge in [-0.3, -0.25) is 13.9 Å². The van der Waals surface area contributed by atoms with Gasteiger partial charge in [-0.05, 0) is 75.2 Å². The molecule has 0 aromatic heterocycles. The smallest absolute Gasteiger partial charge is 0.264 e. The van der Waals surface area contributed by atoms with Gasteiger partial charge in [0, 0.05) is 13.1 Å². The van der Waals surface area contributed by atoms with Crippen molar-refractivity contribution in [3.63, 3.8) is 0 Å². The summed E-state index contributed by atoms with van der Waals surface area (Å²) in [4.78, 5) is 28.1. The summed E-state index contributed by atoms with van der Waals surface area (Å²) in [6.45, 7) is 7.78. The summed E-state index contributed by atoms with van der Waals surface area (Å²) in [5, 5.41) is 2.76. The number of rotatable bonds is 12. The van der Waals surface area contributed by atoms with Crippen molar-refractivity contribution in [2.45, 2.75) is 45.2 Å². The van der Waals surface area contributed by atoms with Crippen LogP contribution < -0.4 is 14.4 Å². The number of hydrogen-bond donors (Lipinski definition) is 1. The lowest BCUT2D eigenvalue weighted by Crippen LogP contribution is -2.51. The van der Waals surface area contributed by atoms with Crippen LogP contribution >= 0.6 is 0 Å². The van der Waals surface area contributed by atoms with E-state index in [0.29, 0.717) is 24.6 Å². The van der Waals surface area contributed by atoms with E-state index in [1.165, 1.54) is 17.0 Å². The van der Waals surface area contributed by atoms with Gasteiger partial charge in [-0.25, -0.2) is 8.42 Å². The number of carbonyl (C=O) groups excluding carboxylic acids is 2. The Kier molecular flexibility index (Phi) is 9.90. The van der Waals surface area contributed by atoms with Crippen molar-refractivity contribution in [1.29, 1.82) is 0 Å². The highest BCUT2D eigenvalue weighted by molar-refractivity contribution is 7.92. The minimum Gasteiger partial charge on any atom is -0.494 e. The predicted molar refractivity (Wildman–Crippen MR) is 148 cm³/mol. The fraction of sp³-hybridized carbons (Fsp3) is 0.310. The largest absolute Gasteiger partial charge is 0.494 e. The van der Waals surface area contributed by atoms with E-state index in [1.54, 1.807) is 56.3 Å². The molecule has 9 heteroatoms. The molecule has 0 radical (unpaired) electrons. The molecule has 3 aromatic rings. The summed E-state index contributed by atoms with van der Waals surface area (Å²) in [6, 6.07) is 21.4. The summed E-state index contributed by atoms with van der Waals surface area (Å²) in [7, 11) is -4.12. The molecule has 0 saturated heterocycles. The second kappa shape index (κ2) is 13.1. The van der Waals surface area contributed by atoms with Gasteiger partial charge in [0.25, 0.3) is 10.0 Å². The minimum atomic E-state index is -4.12. The van der Waals surface area contributed by atoms with E-state index in [9.17, 15) is 18.0 Å². The Hall–Kier alpha value is -3.85. The van der Waals surface area contributed by atoms with Crippen molar-refractivity contribution in [3.8, 4) is 5.75 Å². The number of nitrogens with zero attached hydrogens (tertiary/aromatic N) is 2. The van der Waals surface area contributed by atoms with Crippen LogP contribution in [0, 0.1) is 6.92 Å². The average Bonchev–Trinajstić information content (AvgIpc) is 2.92. The summed E-state index contributed by atoms with van der Waals surface area (Å²) < 4.78 is 34.2. The highest BCUT2D eigenvalue weighted by Gasteiger charge is 2.32. The number of aryl methyl sites for hydroxylation is 1. The molecule has 202 valence electrons. The number of anilines is 1. The molecule has 0 fully saturated rings. The Morgan fingerprint density at radius 1 is 0.921 bits per heavy atom. The number of ether oxygens (including phenoxy) is 1. The van der Waals surface area contributed by atoms with Gasteiger partial charge in [0.2, 0.25) is 11.8 Å². The number of sulfonamides is 1. The van der Waals surface area contributed by atoms with E-state index in [1.807, 2.05) is 38.1 Å². The third-order valence-corrected chi connectivity index (χ3v) is 7.95. The standard InChI is InChI=1S/C29H35N3O5S/c1-5-30-29(34)23(4)31(20-24-13-11-10-12-22(24)3)28(33)21-32(25-14-8-7-9-15-25)38(35,36)27-18-16-26(17-19-27)37-6-2/h7-19,23H,5-6,20-21H2,1-4H3,(H,30,34)/t23-/m1/s1. The average molecular weight is 538 g/mol. The van der Waals surface area contributed by atoms with Crippen LogP contribution in [0.3, 0.4) is 0 Å². The molecule has 0 spiro atoms. The van der Waals surface area contributed by atoms with Gasteiger partial charge >= 0.3 is 0 Å². The molecule has 0 bridgehead atoms. The Labute approximate surface area is 225 Å². The summed E-state index contributed by atoms with van der Waals surface area (Å²) >= 11 is 0.